The van der Waals surface area contributed by atoms with Gasteiger partial charge in [-0.2, -0.15) is 4.31 Å². The molecule has 0 amide bonds. The summed E-state index contributed by atoms with van der Waals surface area (Å²) in [6.45, 7) is 0.306. The second kappa shape index (κ2) is 6.88. The molecule has 0 bridgehead atoms. The van der Waals surface area contributed by atoms with Crippen molar-refractivity contribution in [2.45, 2.75) is 29.9 Å². The Morgan fingerprint density at radius 1 is 1.29 bits per heavy atom. The number of ether oxygens (including phenoxy) is 1. The quantitative estimate of drug-likeness (QED) is 0.885. The number of rotatable bonds is 5. The number of aliphatic hydroxyl groups excluding tert-OH is 1. The highest BCUT2D eigenvalue weighted by Crippen LogP contribution is 2.29. The molecular weight excluding hydrogens is 328 g/mol. The molecule has 2 atom stereocenters. The normalized spacial score (nSPS) is 21.8. The van der Waals surface area contributed by atoms with Gasteiger partial charge in [-0.15, -0.1) is 0 Å². The van der Waals surface area contributed by atoms with Crippen LogP contribution in [0.15, 0.2) is 53.7 Å². The van der Waals surface area contributed by atoms with Gasteiger partial charge in [-0.25, -0.2) is 8.42 Å². The fourth-order valence-corrected chi connectivity index (χ4v) is 4.66. The van der Waals surface area contributed by atoms with Crippen molar-refractivity contribution in [3.05, 3.63) is 54.4 Å². The fraction of sp³-hybridized carbons (Fsp3) is 0.353. The number of sulfonamides is 1. The lowest BCUT2D eigenvalue weighted by Gasteiger charge is -2.25. The highest BCUT2D eigenvalue weighted by molar-refractivity contribution is 7.89. The maximum Gasteiger partial charge on any atom is 0.243 e. The van der Waals surface area contributed by atoms with Gasteiger partial charge in [-0.3, -0.25) is 4.98 Å². The topological polar surface area (TPSA) is 79.7 Å². The third kappa shape index (κ3) is 3.28. The van der Waals surface area contributed by atoms with Gasteiger partial charge in [0.1, 0.15) is 5.75 Å². The van der Waals surface area contributed by atoms with Gasteiger partial charge in [-0.1, -0.05) is 6.07 Å². The molecule has 1 fully saturated rings. The zero-order valence-corrected chi connectivity index (χ0v) is 14.2. The molecule has 0 unspecified atom stereocenters. The minimum atomic E-state index is -3.67. The lowest BCUT2D eigenvalue weighted by Crippen LogP contribution is -2.41. The number of pyridine rings is 1. The van der Waals surface area contributed by atoms with Crippen molar-refractivity contribution in [1.29, 1.82) is 0 Å². The first-order valence-corrected chi connectivity index (χ1v) is 9.19. The summed E-state index contributed by atoms with van der Waals surface area (Å²) in [6.07, 6.45) is 3.55. The van der Waals surface area contributed by atoms with E-state index in [1.165, 1.54) is 23.5 Å². The summed E-state index contributed by atoms with van der Waals surface area (Å²) >= 11 is 0. The molecule has 1 aliphatic heterocycles. The Balaban J connectivity index is 1.87. The van der Waals surface area contributed by atoms with Crippen molar-refractivity contribution in [3.63, 3.8) is 0 Å². The van der Waals surface area contributed by atoms with E-state index in [-0.39, 0.29) is 4.90 Å². The van der Waals surface area contributed by atoms with Gasteiger partial charge in [0.25, 0.3) is 0 Å². The average molecular weight is 348 g/mol. The first kappa shape index (κ1) is 16.9. The molecule has 128 valence electrons. The molecule has 6 nitrogen and oxygen atoms in total. The molecule has 0 saturated carbocycles. The Morgan fingerprint density at radius 3 is 2.67 bits per heavy atom. The molecular formula is C17H20N2O4S. The van der Waals surface area contributed by atoms with E-state index in [4.69, 9.17) is 4.74 Å². The molecule has 3 rings (SSSR count). The molecule has 1 aliphatic rings. The van der Waals surface area contributed by atoms with Crippen molar-refractivity contribution in [2.24, 2.45) is 0 Å². The molecule has 0 radical (unpaired) electrons. The monoisotopic (exact) mass is 348 g/mol. The summed E-state index contributed by atoms with van der Waals surface area (Å²) in [5.74, 6) is 0.599. The van der Waals surface area contributed by atoms with Crippen LogP contribution in [0.5, 0.6) is 5.75 Å². The van der Waals surface area contributed by atoms with Crippen molar-refractivity contribution < 1.29 is 18.3 Å². The SMILES string of the molecule is COc1ccc(S(=O)(=O)N2CC[C@H](O)[C@@H]2Cc2cccnc2)cc1. The Morgan fingerprint density at radius 2 is 2.04 bits per heavy atom. The van der Waals surface area contributed by atoms with Gasteiger partial charge in [0.15, 0.2) is 0 Å². The van der Waals surface area contributed by atoms with Crippen LogP contribution in [0.3, 0.4) is 0 Å². The van der Waals surface area contributed by atoms with E-state index in [0.717, 1.165) is 5.56 Å². The van der Waals surface area contributed by atoms with Gasteiger partial charge >= 0.3 is 0 Å². The van der Waals surface area contributed by atoms with Crippen LogP contribution in [0.2, 0.25) is 0 Å². The third-order valence-electron chi connectivity index (χ3n) is 4.29. The predicted molar refractivity (Wildman–Crippen MR) is 89.2 cm³/mol. The number of aliphatic hydroxyl groups is 1. The van der Waals surface area contributed by atoms with Gasteiger partial charge in [0, 0.05) is 18.9 Å². The summed E-state index contributed by atoms with van der Waals surface area (Å²) in [5.41, 5.74) is 0.901. The Labute approximate surface area is 141 Å². The van der Waals surface area contributed by atoms with E-state index in [2.05, 4.69) is 4.98 Å². The van der Waals surface area contributed by atoms with Crippen molar-refractivity contribution in [3.8, 4) is 5.75 Å². The van der Waals surface area contributed by atoms with Crippen molar-refractivity contribution >= 4 is 10.0 Å². The Bertz CT molecular complexity index is 778. The van der Waals surface area contributed by atoms with Crippen LogP contribution in [-0.4, -0.2) is 48.6 Å². The molecule has 0 aliphatic carbocycles. The summed E-state index contributed by atoms with van der Waals surface area (Å²) in [6, 6.07) is 9.50. The summed E-state index contributed by atoms with van der Waals surface area (Å²) in [4.78, 5) is 4.26. The van der Waals surface area contributed by atoms with E-state index in [1.54, 1.807) is 30.6 Å². The molecule has 2 heterocycles. The number of hydrogen-bond acceptors (Lipinski definition) is 5. The van der Waals surface area contributed by atoms with Gasteiger partial charge in [0.05, 0.1) is 24.2 Å². The number of hydrogen-bond donors (Lipinski definition) is 1. The number of methoxy groups -OCH3 is 1. The smallest absolute Gasteiger partial charge is 0.243 e. The average Bonchev–Trinajstić information content (AvgIpc) is 2.97. The first-order valence-electron chi connectivity index (χ1n) is 7.75. The lowest BCUT2D eigenvalue weighted by molar-refractivity contribution is 0.142. The van der Waals surface area contributed by atoms with Crippen LogP contribution in [0.4, 0.5) is 0 Å². The fourth-order valence-electron chi connectivity index (χ4n) is 2.99. The largest absolute Gasteiger partial charge is 0.497 e. The maximum absolute atomic E-state index is 12.9. The van der Waals surface area contributed by atoms with E-state index >= 15 is 0 Å². The molecule has 7 heteroatoms. The third-order valence-corrected chi connectivity index (χ3v) is 6.23. The number of nitrogens with zero attached hydrogens (tertiary/aromatic N) is 2. The first-order chi connectivity index (χ1) is 11.5. The molecule has 24 heavy (non-hydrogen) atoms. The predicted octanol–water partition coefficient (Wildman–Crippen LogP) is 1.46. The van der Waals surface area contributed by atoms with E-state index < -0.39 is 22.2 Å². The van der Waals surface area contributed by atoms with E-state index in [0.29, 0.717) is 25.1 Å². The molecule has 1 saturated heterocycles. The molecule has 0 spiro atoms. The van der Waals surface area contributed by atoms with Crippen LogP contribution >= 0.6 is 0 Å². The second-order valence-corrected chi connectivity index (χ2v) is 7.67. The zero-order valence-electron chi connectivity index (χ0n) is 13.4. The van der Waals surface area contributed by atoms with Crippen molar-refractivity contribution in [2.75, 3.05) is 13.7 Å². The highest BCUT2D eigenvalue weighted by atomic mass is 32.2. The maximum atomic E-state index is 12.9. The molecule has 1 aromatic carbocycles. The summed E-state index contributed by atoms with van der Waals surface area (Å²) in [5, 5.41) is 10.3. The number of aromatic nitrogens is 1. The lowest BCUT2D eigenvalue weighted by atomic mass is 10.0. The van der Waals surface area contributed by atoms with Crippen molar-refractivity contribution in [1.82, 2.24) is 9.29 Å². The highest BCUT2D eigenvalue weighted by Gasteiger charge is 2.40. The Hall–Kier alpha value is -1.96. The van der Waals surface area contributed by atoms with Crippen LogP contribution in [-0.2, 0) is 16.4 Å². The summed E-state index contributed by atoms with van der Waals surface area (Å²) < 4.78 is 32.3. The molecule has 2 aromatic rings. The Kier molecular flexibility index (Phi) is 4.84. The van der Waals surface area contributed by atoms with Crippen LogP contribution in [0, 0.1) is 0 Å². The number of benzene rings is 1. The standard InChI is InChI=1S/C17H20N2O4S/c1-23-14-4-6-15(7-5-14)24(21,22)19-10-8-17(20)16(19)11-13-3-2-9-18-12-13/h2-7,9,12,16-17,20H,8,10-11H2,1H3/t16-,17-/m0/s1. The molecule has 1 aromatic heterocycles. The van der Waals surface area contributed by atoms with Crippen LogP contribution in [0.1, 0.15) is 12.0 Å². The van der Waals surface area contributed by atoms with E-state index in [9.17, 15) is 13.5 Å². The van der Waals surface area contributed by atoms with Gasteiger partial charge < -0.3 is 9.84 Å². The minimum absolute atomic E-state index is 0.202. The second-order valence-electron chi connectivity index (χ2n) is 5.78. The van der Waals surface area contributed by atoms with E-state index in [1.807, 2.05) is 6.07 Å². The minimum Gasteiger partial charge on any atom is -0.497 e. The summed E-state index contributed by atoms with van der Waals surface area (Å²) in [7, 11) is -2.14. The zero-order chi connectivity index (χ0) is 17.2. The van der Waals surface area contributed by atoms with Gasteiger partial charge in [0.2, 0.25) is 10.0 Å². The van der Waals surface area contributed by atoms with Crippen LogP contribution < -0.4 is 4.74 Å². The van der Waals surface area contributed by atoms with Crippen LogP contribution in [0.25, 0.3) is 0 Å². The van der Waals surface area contributed by atoms with Gasteiger partial charge in [-0.05, 0) is 48.7 Å². The molecule has 1 N–H and O–H groups in total.